The van der Waals surface area contributed by atoms with Gasteiger partial charge in [0.15, 0.2) is 0 Å². The van der Waals surface area contributed by atoms with Crippen LogP contribution in [0.25, 0.3) is 0 Å². The van der Waals surface area contributed by atoms with Crippen LogP contribution < -0.4 is 10.2 Å². The molecule has 2 aliphatic heterocycles. The van der Waals surface area contributed by atoms with Gasteiger partial charge in [-0.05, 0) is 44.8 Å². The van der Waals surface area contributed by atoms with Crippen LogP contribution in [0.5, 0.6) is 0 Å². The van der Waals surface area contributed by atoms with Crippen LogP contribution >= 0.6 is 0 Å². The summed E-state index contributed by atoms with van der Waals surface area (Å²) in [6.07, 6.45) is 7.14. The number of pyridine rings is 1. The van der Waals surface area contributed by atoms with Crippen molar-refractivity contribution in [3.05, 3.63) is 18.3 Å². The van der Waals surface area contributed by atoms with Gasteiger partial charge >= 0.3 is 0 Å². The van der Waals surface area contributed by atoms with Gasteiger partial charge in [-0.25, -0.2) is 4.98 Å². The SMILES string of the molecule is CCCNc1cc(N2CCC(N3CCCC3)C2)ccn1. The van der Waals surface area contributed by atoms with Gasteiger partial charge in [0.1, 0.15) is 5.82 Å². The normalized spacial score (nSPS) is 23.4. The molecule has 3 heterocycles. The van der Waals surface area contributed by atoms with Crippen molar-refractivity contribution >= 4 is 11.5 Å². The topological polar surface area (TPSA) is 31.4 Å². The molecular weight excluding hydrogens is 248 g/mol. The van der Waals surface area contributed by atoms with Gasteiger partial charge in [-0.1, -0.05) is 6.92 Å². The predicted octanol–water partition coefficient (Wildman–Crippen LogP) is 2.58. The first kappa shape index (κ1) is 13.7. The van der Waals surface area contributed by atoms with Crippen LogP contribution in [0, 0.1) is 0 Å². The van der Waals surface area contributed by atoms with E-state index in [1.54, 1.807) is 0 Å². The predicted molar refractivity (Wildman–Crippen MR) is 84.4 cm³/mol. The zero-order valence-corrected chi connectivity index (χ0v) is 12.5. The fourth-order valence-electron chi connectivity index (χ4n) is 3.35. The summed E-state index contributed by atoms with van der Waals surface area (Å²) in [5.74, 6) is 1.01. The molecule has 1 unspecified atom stereocenters. The highest BCUT2D eigenvalue weighted by atomic mass is 15.3. The lowest BCUT2D eigenvalue weighted by molar-refractivity contribution is 0.260. The van der Waals surface area contributed by atoms with E-state index >= 15 is 0 Å². The summed E-state index contributed by atoms with van der Waals surface area (Å²) in [5, 5.41) is 3.38. The summed E-state index contributed by atoms with van der Waals surface area (Å²) in [7, 11) is 0. The third-order valence-corrected chi connectivity index (χ3v) is 4.49. The zero-order valence-electron chi connectivity index (χ0n) is 12.5. The number of hydrogen-bond acceptors (Lipinski definition) is 4. The molecule has 0 spiro atoms. The average molecular weight is 274 g/mol. The van der Waals surface area contributed by atoms with E-state index in [0.29, 0.717) is 0 Å². The Balaban J connectivity index is 1.61. The molecule has 4 heteroatoms. The molecule has 0 radical (unpaired) electrons. The smallest absolute Gasteiger partial charge is 0.127 e. The molecule has 1 atom stereocenters. The highest BCUT2D eigenvalue weighted by molar-refractivity contribution is 5.54. The van der Waals surface area contributed by atoms with Gasteiger partial charge in [-0.2, -0.15) is 0 Å². The number of aromatic nitrogens is 1. The lowest BCUT2D eigenvalue weighted by atomic mass is 10.2. The van der Waals surface area contributed by atoms with Gasteiger partial charge in [0, 0.05) is 43.6 Å². The van der Waals surface area contributed by atoms with E-state index in [0.717, 1.165) is 24.8 Å². The van der Waals surface area contributed by atoms with Crippen molar-refractivity contribution in [1.82, 2.24) is 9.88 Å². The molecule has 4 nitrogen and oxygen atoms in total. The second-order valence-corrected chi connectivity index (χ2v) is 5.96. The maximum Gasteiger partial charge on any atom is 0.127 e. The van der Waals surface area contributed by atoms with Crippen molar-refractivity contribution in [1.29, 1.82) is 0 Å². The fourth-order valence-corrected chi connectivity index (χ4v) is 3.35. The van der Waals surface area contributed by atoms with Crippen LogP contribution in [0.1, 0.15) is 32.6 Å². The van der Waals surface area contributed by atoms with Gasteiger partial charge in [0.05, 0.1) is 0 Å². The van der Waals surface area contributed by atoms with Crippen molar-refractivity contribution in [3.63, 3.8) is 0 Å². The summed E-state index contributed by atoms with van der Waals surface area (Å²) < 4.78 is 0. The Kier molecular flexibility index (Phi) is 4.41. The van der Waals surface area contributed by atoms with Gasteiger partial charge in [-0.15, -0.1) is 0 Å². The number of nitrogens with zero attached hydrogens (tertiary/aromatic N) is 3. The lowest BCUT2D eigenvalue weighted by Crippen LogP contribution is -2.35. The van der Waals surface area contributed by atoms with Gasteiger partial charge < -0.3 is 10.2 Å². The minimum atomic E-state index is 0.762. The Morgan fingerprint density at radius 3 is 2.95 bits per heavy atom. The Morgan fingerprint density at radius 2 is 2.15 bits per heavy atom. The third kappa shape index (κ3) is 3.06. The van der Waals surface area contributed by atoms with E-state index in [4.69, 9.17) is 0 Å². The summed E-state index contributed by atoms with van der Waals surface area (Å²) in [4.78, 5) is 9.59. The van der Waals surface area contributed by atoms with Crippen molar-refractivity contribution in [3.8, 4) is 0 Å². The number of hydrogen-bond donors (Lipinski definition) is 1. The van der Waals surface area contributed by atoms with E-state index in [1.807, 2.05) is 6.20 Å². The molecule has 1 aromatic heterocycles. The summed E-state index contributed by atoms with van der Waals surface area (Å²) in [6.45, 7) is 8.14. The van der Waals surface area contributed by atoms with Crippen LogP contribution in [-0.2, 0) is 0 Å². The van der Waals surface area contributed by atoms with E-state index < -0.39 is 0 Å². The largest absolute Gasteiger partial charge is 0.370 e. The van der Waals surface area contributed by atoms with Crippen LogP contribution in [0.3, 0.4) is 0 Å². The second kappa shape index (κ2) is 6.44. The monoisotopic (exact) mass is 274 g/mol. The minimum absolute atomic E-state index is 0.762. The van der Waals surface area contributed by atoms with E-state index in [9.17, 15) is 0 Å². The standard InChI is InChI=1S/C16H26N4/c1-2-7-17-16-12-14(5-8-18-16)20-11-6-15(13-20)19-9-3-4-10-19/h5,8,12,15H,2-4,6-7,9-11,13H2,1H3,(H,17,18). The highest BCUT2D eigenvalue weighted by Crippen LogP contribution is 2.26. The summed E-state index contributed by atoms with van der Waals surface area (Å²) >= 11 is 0. The Hall–Kier alpha value is -1.29. The number of nitrogens with one attached hydrogen (secondary N) is 1. The second-order valence-electron chi connectivity index (χ2n) is 5.96. The van der Waals surface area contributed by atoms with E-state index in [-0.39, 0.29) is 0 Å². The molecule has 0 bridgehead atoms. The Morgan fingerprint density at radius 1 is 1.30 bits per heavy atom. The van der Waals surface area contributed by atoms with Crippen molar-refractivity contribution in [2.24, 2.45) is 0 Å². The minimum Gasteiger partial charge on any atom is -0.370 e. The molecule has 0 aliphatic carbocycles. The van der Waals surface area contributed by atoms with Gasteiger partial charge in [-0.3, -0.25) is 4.90 Å². The number of rotatable bonds is 5. The molecular formula is C16H26N4. The van der Waals surface area contributed by atoms with Gasteiger partial charge in [0.2, 0.25) is 0 Å². The van der Waals surface area contributed by atoms with Crippen LogP contribution in [0.15, 0.2) is 18.3 Å². The highest BCUT2D eigenvalue weighted by Gasteiger charge is 2.29. The molecule has 0 aromatic carbocycles. The van der Waals surface area contributed by atoms with Crippen molar-refractivity contribution < 1.29 is 0 Å². The first-order valence-corrected chi connectivity index (χ1v) is 8.06. The molecule has 110 valence electrons. The lowest BCUT2D eigenvalue weighted by Gasteiger charge is -2.24. The van der Waals surface area contributed by atoms with Crippen molar-refractivity contribution in [2.75, 3.05) is 42.9 Å². The van der Waals surface area contributed by atoms with Crippen LogP contribution in [0.2, 0.25) is 0 Å². The van der Waals surface area contributed by atoms with E-state index in [2.05, 4.69) is 39.2 Å². The summed E-state index contributed by atoms with van der Waals surface area (Å²) in [6, 6.07) is 5.10. The van der Waals surface area contributed by atoms with E-state index in [1.165, 1.54) is 51.1 Å². The Labute approximate surface area is 122 Å². The maximum atomic E-state index is 4.40. The first-order chi connectivity index (χ1) is 9.86. The Bertz CT molecular complexity index is 428. The summed E-state index contributed by atoms with van der Waals surface area (Å²) in [5.41, 5.74) is 1.32. The molecule has 2 aliphatic rings. The molecule has 0 saturated carbocycles. The number of likely N-dealkylation sites (tertiary alicyclic amines) is 1. The van der Waals surface area contributed by atoms with Crippen molar-refractivity contribution in [2.45, 2.75) is 38.6 Å². The molecule has 3 rings (SSSR count). The maximum absolute atomic E-state index is 4.40. The quantitative estimate of drug-likeness (QED) is 0.894. The molecule has 20 heavy (non-hydrogen) atoms. The molecule has 1 aromatic rings. The third-order valence-electron chi connectivity index (χ3n) is 4.49. The van der Waals surface area contributed by atoms with Gasteiger partial charge in [0.25, 0.3) is 0 Å². The first-order valence-electron chi connectivity index (χ1n) is 8.06. The molecule has 1 N–H and O–H groups in total. The zero-order chi connectivity index (χ0) is 13.8. The average Bonchev–Trinajstić information content (AvgIpc) is 3.15. The molecule has 2 fully saturated rings. The molecule has 0 amide bonds. The number of anilines is 2. The van der Waals surface area contributed by atoms with Crippen LogP contribution in [-0.4, -0.2) is 48.6 Å². The fraction of sp³-hybridized carbons (Fsp3) is 0.688. The van der Waals surface area contributed by atoms with Crippen LogP contribution in [0.4, 0.5) is 11.5 Å². The molecule has 2 saturated heterocycles.